The Bertz CT molecular complexity index is 435. The smallest absolute Gasteiger partial charge is 0.0873 e. The molecule has 136 valence electrons. The summed E-state index contributed by atoms with van der Waals surface area (Å²) in [5, 5.41) is 0. The highest BCUT2D eigenvalue weighted by Crippen LogP contribution is 2.38. The number of hydrogen-bond donors (Lipinski definition) is 0. The SMILES string of the molecule is CCCCCO/C=C1\CC(CCCCC)=CC=C1C1CCCCC1. The van der Waals surface area contributed by atoms with Gasteiger partial charge in [-0.3, -0.25) is 0 Å². The lowest BCUT2D eigenvalue weighted by atomic mass is 9.77. The molecule has 0 aliphatic heterocycles. The largest absolute Gasteiger partial charge is 0.501 e. The van der Waals surface area contributed by atoms with Gasteiger partial charge in [0, 0.05) is 0 Å². The van der Waals surface area contributed by atoms with Crippen LogP contribution in [0.5, 0.6) is 0 Å². The normalized spacial score (nSPS) is 20.8. The zero-order chi connectivity index (χ0) is 17.0. The van der Waals surface area contributed by atoms with Crippen molar-refractivity contribution in [1.82, 2.24) is 0 Å². The molecule has 0 saturated heterocycles. The molecule has 1 fully saturated rings. The fourth-order valence-corrected chi connectivity index (χ4v) is 4.01. The van der Waals surface area contributed by atoms with Crippen LogP contribution in [-0.4, -0.2) is 6.61 Å². The summed E-state index contributed by atoms with van der Waals surface area (Å²) >= 11 is 0. The van der Waals surface area contributed by atoms with Gasteiger partial charge in [0.1, 0.15) is 0 Å². The van der Waals surface area contributed by atoms with Crippen molar-refractivity contribution in [3.05, 3.63) is 35.1 Å². The second-order valence-electron chi connectivity index (χ2n) is 7.64. The lowest BCUT2D eigenvalue weighted by Gasteiger charge is -2.28. The Labute approximate surface area is 150 Å². The highest BCUT2D eigenvalue weighted by atomic mass is 16.5. The van der Waals surface area contributed by atoms with Crippen molar-refractivity contribution in [3.8, 4) is 0 Å². The van der Waals surface area contributed by atoms with Crippen LogP contribution < -0.4 is 0 Å². The molecule has 0 bridgehead atoms. The number of ether oxygens (including phenoxy) is 1. The number of allylic oxidation sites excluding steroid dienone is 5. The van der Waals surface area contributed by atoms with Crippen LogP contribution in [0.4, 0.5) is 0 Å². The molecule has 2 rings (SSSR count). The molecule has 1 saturated carbocycles. The Hall–Kier alpha value is -0.980. The fourth-order valence-electron chi connectivity index (χ4n) is 4.01. The van der Waals surface area contributed by atoms with Gasteiger partial charge >= 0.3 is 0 Å². The molecule has 24 heavy (non-hydrogen) atoms. The molecule has 1 heteroatoms. The van der Waals surface area contributed by atoms with E-state index in [1.165, 1.54) is 82.6 Å². The van der Waals surface area contributed by atoms with Gasteiger partial charge in [-0.05, 0) is 55.6 Å². The van der Waals surface area contributed by atoms with Crippen LogP contribution in [0.25, 0.3) is 0 Å². The highest BCUT2D eigenvalue weighted by Gasteiger charge is 2.23. The van der Waals surface area contributed by atoms with Crippen molar-refractivity contribution in [2.45, 2.75) is 97.3 Å². The Kier molecular flexibility index (Phi) is 9.31. The predicted octanol–water partition coefficient (Wildman–Crippen LogP) is 7.49. The van der Waals surface area contributed by atoms with E-state index >= 15 is 0 Å². The summed E-state index contributed by atoms with van der Waals surface area (Å²) in [4.78, 5) is 0. The molecule has 0 heterocycles. The molecule has 0 radical (unpaired) electrons. The van der Waals surface area contributed by atoms with E-state index in [0.29, 0.717) is 0 Å². The third-order valence-corrected chi connectivity index (χ3v) is 5.52. The van der Waals surface area contributed by atoms with Crippen LogP contribution in [0, 0.1) is 5.92 Å². The molecule has 2 aliphatic rings. The van der Waals surface area contributed by atoms with Gasteiger partial charge in [0.25, 0.3) is 0 Å². The van der Waals surface area contributed by atoms with Gasteiger partial charge in [-0.2, -0.15) is 0 Å². The predicted molar refractivity (Wildman–Crippen MR) is 105 cm³/mol. The molecule has 1 nitrogen and oxygen atoms in total. The van der Waals surface area contributed by atoms with Gasteiger partial charge in [0.15, 0.2) is 0 Å². The van der Waals surface area contributed by atoms with Crippen molar-refractivity contribution < 1.29 is 4.74 Å². The Morgan fingerprint density at radius 1 is 0.958 bits per heavy atom. The second kappa shape index (κ2) is 11.6. The number of hydrogen-bond acceptors (Lipinski definition) is 1. The van der Waals surface area contributed by atoms with Gasteiger partial charge in [-0.15, -0.1) is 0 Å². The monoisotopic (exact) mass is 330 g/mol. The summed E-state index contributed by atoms with van der Waals surface area (Å²) in [5.74, 6) is 0.776. The molecule has 2 aliphatic carbocycles. The van der Waals surface area contributed by atoms with Gasteiger partial charge < -0.3 is 4.74 Å². The van der Waals surface area contributed by atoms with Crippen LogP contribution in [-0.2, 0) is 4.74 Å². The molecular weight excluding hydrogens is 292 g/mol. The number of rotatable bonds is 10. The summed E-state index contributed by atoms with van der Waals surface area (Å²) in [6.45, 7) is 5.41. The molecule has 0 unspecified atom stereocenters. The molecule has 0 N–H and O–H groups in total. The zero-order valence-electron chi connectivity index (χ0n) is 16.1. The summed E-state index contributed by atoms with van der Waals surface area (Å²) in [6.07, 6.45) is 24.0. The van der Waals surface area contributed by atoms with Crippen molar-refractivity contribution >= 4 is 0 Å². The van der Waals surface area contributed by atoms with Crippen LogP contribution in [0.3, 0.4) is 0 Å². The molecule has 0 spiro atoms. The van der Waals surface area contributed by atoms with Gasteiger partial charge in [-0.25, -0.2) is 0 Å². The lowest BCUT2D eigenvalue weighted by molar-refractivity contribution is 0.238. The Morgan fingerprint density at radius 3 is 2.46 bits per heavy atom. The first-order valence-electron chi connectivity index (χ1n) is 10.6. The van der Waals surface area contributed by atoms with E-state index in [1.54, 1.807) is 11.1 Å². The minimum Gasteiger partial charge on any atom is -0.501 e. The van der Waals surface area contributed by atoms with E-state index in [9.17, 15) is 0 Å². The lowest BCUT2D eigenvalue weighted by Crippen LogP contribution is -2.13. The van der Waals surface area contributed by atoms with Crippen molar-refractivity contribution in [2.75, 3.05) is 6.61 Å². The number of unbranched alkanes of at least 4 members (excludes halogenated alkanes) is 4. The maximum Gasteiger partial charge on any atom is 0.0873 e. The molecular formula is C23H38O. The summed E-state index contributed by atoms with van der Waals surface area (Å²) in [7, 11) is 0. The first-order chi connectivity index (χ1) is 11.8. The molecule has 0 amide bonds. The Morgan fingerprint density at radius 2 is 1.71 bits per heavy atom. The maximum absolute atomic E-state index is 5.94. The average molecular weight is 331 g/mol. The zero-order valence-corrected chi connectivity index (χ0v) is 16.1. The second-order valence-corrected chi connectivity index (χ2v) is 7.64. The van der Waals surface area contributed by atoms with Gasteiger partial charge in [0.05, 0.1) is 12.9 Å². The molecule has 0 atom stereocenters. The summed E-state index contributed by atoms with van der Waals surface area (Å²) < 4.78 is 5.94. The first kappa shape index (κ1) is 19.3. The van der Waals surface area contributed by atoms with E-state index in [-0.39, 0.29) is 0 Å². The van der Waals surface area contributed by atoms with E-state index in [0.717, 1.165) is 18.9 Å². The minimum atomic E-state index is 0.776. The maximum atomic E-state index is 5.94. The third-order valence-electron chi connectivity index (χ3n) is 5.52. The van der Waals surface area contributed by atoms with E-state index in [2.05, 4.69) is 32.3 Å². The summed E-state index contributed by atoms with van der Waals surface area (Å²) in [5.41, 5.74) is 4.67. The topological polar surface area (TPSA) is 9.23 Å². The van der Waals surface area contributed by atoms with Crippen molar-refractivity contribution in [1.29, 1.82) is 0 Å². The summed E-state index contributed by atoms with van der Waals surface area (Å²) in [6, 6.07) is 0. The van der Waals surface area contributed by atoms with E-state index < -0.39 is 0 Å². The van der Waals surface area contributed by atoms with Crippen LogP contribution in [0.15, 0.2) is 35.1 Å². The van der Waals surface area contributed by atoms with E-state index in [1.807, 2.05) is 0 Å². The quantitative estimate of drug-likeness (QED) is 0.298. The van der Waals surface area contributed by atoms with Crippen molar-refractivity contribution in [3.63, 3.8) is 0 Å². The van der Waals surface area contributed by atoms with Gasteiger partial charge in [-0.1, -0.05) is 76.5 Å². The fraction of sp³-hybridized carbons (Fsp3) is 0.739. The first-order valence-corrected chi connectivity index (χ1v) is 10.6. The average Bonchev–Trinajstić information content (AvgIpc) is 2.63. The van der Waals surface area contributed by atoms with Gasteiger partial charge in [0.2, 0.25) is 0 Å². The van der Waals surface area contributed by atoms with Crippen LogP contribution >= 0.6 is 0 Å². The van der Waals surface area contributed by atoms with E-state index in [4.69, 9.17) is 4.74 Å². The molecule has 0 aromatic heterocycles. The van der Waals surface area contributed by atoms with Crippen LogP contribution in [0.2, 0.25) is 0 Å². The molecule has 0 aromatic carbocycles. The molecule has 0 aromatic rings. The standard InChI is InChI=1S/C23H38O/c1-3-5-8-12-20-15-16-23(21-13-9-7-10-14-21)22(18-20)19-24-17-11-6-4-2/h15-16,19,21H,3-14,17-18H2,1-2H3/b22-19+. The van der Waals surface area contributed by atoms with Crippen molar-refractivity contribution in [2.24, 2.45) is 5.92 Å². The minimum absolute atomic E-state index is 0.776. The third kappa shape index (κ3) is 6.49. The highest BCUT2D eigenvalue weighted by molar-refractivity contribution is 5.43. The Balaban J connectivity index is 1.98. The van der Waals surface area contributed by atoms with Crippen LogP contribution in [0.1, 0.15) is 97.3 Å².